The van der Waals surface area contributed by atoms with E-state index in [0.29, 0.717) is 40.3 Å². The number of nitriles is 1. The van der Waals surface area contributed by atoms with Crippen LogP contribution in [0.1, 0.15) is 41.3 Å². The lowest BCUT2D eigenvalue weighted by atomic mass is 9.98. The third-order valence-electron chi connectivity index (χ3n) is 7.02. The standard InChI is InChI=1S/C23H18FN5O2.C7H13NO2/c1-3-31-16-7-18(22-15(9-25)11-28-29(22)12-16)14-4-5-21(27-10-14)17-8-20(24)19(23(26)30)6-13(17)2;1-8-4-2-6(3-5-8)7(9)10/h4-8,10-12H,3H2,1-2H3,(H2,26,30);6H,2-5H2,1H3,(H,9,10). The minimum atomic E-state index is -0.817. The van der Waals surface area contributed by atoms with Gasteiger partial charge in [0.25, 0.3) is 5.91 Å². The fourth-order valence-corrected chi connectivity index (χ4v) is 4.76. The van der Waals surface area contributed by atoms with Crippen molar-refractivity contribution in [2.24, 2.45) is 11.7 Å². The van der Waals surface area contributed by atoms with Crippen LogP contribution in [0.3, 0.4) is 0 Å². The van der Waals surface area contributed by atoms with Gasteiger partial charge in [-0.15, -0.1) is 0 Å². The van der Waals surface area contributed by atoms with E-state index in [1.165, 1.54) is 18.3 Å². The molecule has 1 amide bonds. The average Bonchev–Trinajstić information content (AvgIpc) is 3.37. The van der Waals surface area contributed by atoms with Crippen LogP contribution in [-0.4, -0.2) is 63.2 Å². The maximum absolute atomic E-state index is 14.3. The van der Waals surface area contributed by atoms with Gasteiger partial charge in [-0.05, 0) is 76.7 Å². The topological polar surface area (TPSA) is 147 Å². The number of nitrogens with zero attached hydrogens (tertiary/aromatic N) is 5. The molecule has 0 unspecified atom stereocenters. The van der Waals surface area contributed by atoms with E-state index in [-0.39, 0.29) is 11.5 Å². The first-order valence-electron chi connectivity index (χ1n) is 13.1. The van der Waals surface area contributed by atoms with Gasteiger partial charge in [-0.3, -0.25) is 14.6 Å². The van der Waals surface area contributed by atoms with Crippen molar-refractivity contribution in [1.82, 2.24) is 19.5 Å². The lowest BCUT2D eigenvalue weighted by molar-refractivity contribution is -0.143. The van der Waals surface area contributed by atoms with Crippen molar-refractivity contribution < 1.29 is 23.8 Å². The second-order valence-electron chi connectivity index (χ2n) is 9.84. The van der Waals surface area contributed by atoms with Gasteiger partial charge < -0.3 is 20.5 Å². The number of likely N-dealkylation sites (tertiary alicyclic amines) is 1. The number of carbonyl (C=O) groups excluding carboxylic acids is 1. The predicted octanol–water partition coefficient (Wildman–Crippen LogP) is 4.29. The number of aliphatic carboxylic acids is 1. The molecule has 1 aliphatic rings. The molecule has 41 heavy (non-hydrogen) atoms. The molecule has 3 aromatic heterocycles. The largest absolute Gasteiger partial charge is 0.492 e. The van der Waals surface area contributed by atoms with Crippen LogP contribution in [0.4, 0.5) is 4.39 Å². The number of carbonyl (C=O) groups is 2. The number of piperidine rings is 1. The second-order valence-corrected chi connectivity index (χ2v) is 9.84. The van der Waals surface area contributed by atoms with Crippen LogP contribution in [-0.2, 0) is 4.79 Å². The predicted molar refractivity (Wildman–Crippen MR) is 151 cm³/mol. The lowest BCUT2D eigenvalue weighted by Crippen LogP contribution is -2.33. The number of pyridine rings is 2. The van der Waals surface area contributed by atoms with Gasteiger partial charge in [-0.25, -0.2) is 8.91 Å². The van der Waals surface area contributed by atoms with Gasteiger partial charge >= 0.3 is 5.97 Å². The molecule has 0 saturated carbocycles. The van der Waals surface area contributed by atoms with E-state index in [1.54, 1.807) is 29.9 Å². The number of primary amides is 1. The number of rotatable bonds is 6. The normalized spacial score (nSPS) is 13.7. The summed E-state index contributed by atoms with van der Waals surface area (Å²) in [6.45, 7) is 5.99. The molecule has 1 saturated heterocycles. The minimum Gasteiger partial charge on any atom is -0.492 e. The minimum absolute atomic E-state index is 0.0869. The smallest absolute Gasteiger partial charge is 0.306 e. The Labute approximate surface area is 236 Å². The van der Waals surface area contributed by atoms with E-state index in [9.17, 15) is 19.2 Å². The van der Waals surface area contributed by atoms with Crippen LogP contribution in [0.5, 0.6) is 5.75 Å². The Morgan fingerprint density at radius 2 is 1.93 bits per heavy atom. The Bertz CT molecular complexity index is 1620. The van der Waals surface area contributed by atoms with Crippen molar-refractivity contribution in [3.8, 4) is 34.2 Å². The van der Waals surface area contributed by atoms with Gasteiger partial charge in [-0.2, -0.15) is 10.4 Å². The molecule has 11 heteroatoms. The van der Waals surface area contributed by atoms with Crippen LogP contribution in [0.2, 0.25) is 0 Å². The van der Waals surface area contributed by atoms with E-state index in [0.717, 1.165) is 37.1 Å². The highest BCUT2D eigenvalue weighted by Gasteiger charge is 2.22. The van der Waals surface area contributed by atoms with Crippen molar-refractivity contribution >= 4 is 17.4 Å². The van der Waals surface area contributed by atoms with Crippen LogP contribution >= 0.6 is 0 Å². The number of hydrogen-bond acceptors (Lipinski definition) is 7. The van der Waals surface area contributed by atoms with Crippen LogP contribution in [0.25, 0.3) is 27.9 Å². The maximum Gasteiger partial charge on any atom is 0.306 e. The fraction of sp³-hybridized carbons (Fsp3) is 0.300. The molecule has 4 heterocycles. The number of carboxylic acid groups (broad SMARTS) is 1. The first kappa shape index (κ1) is 29.2. The van der Waals surface area contributed by atoms with Gasteiger partial charge in [0.1, 0.15) is 17.6 Å². The number of carboxylic acids is 1. The zero-order chi connectivity index (χ0) is 29.7. The van der Waals surface area contributed by atoms with Gasteiger partial charge in [0.05, 0.1) is 47.3 Å². The average molecular weight is 559 g/mol. The molecular weight excluding hydrogens is 527 g/mol. The molecule has 4 aromatic rings. The number of aryl methyl sites for hydroxylation is 1. The molecule has 1 aliphatic heterocycles. The maximum atomic E-state index is 14.3. The first-order valence-corrected chi connectivity index (χ1v) is 13.1. The molecule has 1 aromatic carbocycles. The van der Waals surface area contributed by atoms with Gasteiger partial charge in [0.2, 0.25) is 0 Å². The zero-order valence-corrected chi connectivity index (χ0v) is 23.1. The monoisotopic (exact) mass is 558 g/mol. The summed E-state index contributed by atoms with van der Waals surface area (Å²) in [5.41, 5.74) is 9.41. The van der Waals surface area contributed by atoms with Crippen LogP contribution in [0, 0.1) is 30.0 Å². The summed E-state index contributed by atoms with van der Waals surface area (Å²) in [7, 11) is 2.03. The number of benzene rings is 1. The Kier molecular flexibility index (Phi) is 8.94. The van der Waals surface area contributed by atoms with Crippen molar-refractivity contribution in [3.05, 3.63) is 71.4 Å². The third kappa shape index (κ3) is 6.50. The van der Waals surface area contributed by atoms with Crippen LogP contribution in [0.15, 0.2) is 48.9 Å². The Morgan fingerprint density at radius 1 is 1.20 bits per heavy atom. The number of amides is 1. The summed E-state index contributed by atoms with van der Waals surface area (Å²) in [5.74, 6) is -1.61. The number of aromatic nitrogens is 3. The highest BCUT2D eigenvalue weighted by atomic mass is 19.1. The summed E-state index contributed by atoms with van der Waals surface area (Å²) < 4.78 is 21.5. The molecule has 0 aliphatic carbocycles. The summed E-state index contributed by atoms with van der Waals surface area (Å²) >= 11 is 0. The molecule has 3 N–H and O–H groups in total. The number of nitrogens with two attached hydrogens (primary N) is 1. The van der Waals surface area contributed by atoms with E-state index in [1.807, 2.05) is 26.1 Å². The van der Waals surface area contributed by atoms with Crippen molar-refractivity contribution in [2.75, 3.05) is 26.7 Å². The highest BCUT2D eigenvalue weighted by molar-refractivity contribution is 5.94. The molecule has 1 fully saturated rings. The van der Waals surface area contributed by atoms with Crippen molar-refractivity contribution in [3.63, 3.8) is 0 Å². The molecule has 10 nitrogen and oxygen atoms in total. The number of fused-ring (bicyclic) bond motifs is 1. The first-order chi connectivity index (χ1) is 19.6. The Balaban J connectivity index is 0.000000328. The van der Waals surface area contributed by atoms with Crippen molar-refractivity contribution in [1.29, 1.82) is 5.26 Å². The summed E-state index contributed by atoms with van der Waals surface area (Å²) in [6.07, 6.45) is 6.49. The SMILES string of the molecule is CCOc1cc(-c2ccc(-c3cc(F)c(C(N)=O)cc3C)nc2)c2c(C#N)cnn2c1.CN1CCC(C(=O)O)CC1. The molecule has 0 bridgehead atoms. The summed E-state index contributed by atoms with van der Waals surface area (Å²) in [6, 6.07) is 10.3. The Morgan fingerprint density at radius 3 is 2.51 bits per heavy atom. The van der Waals surface area contributed by atoms with E-state index < -0.39 is 17.7 Å². The Hall–Kier alpha value is -4.82. The number of ether oxygens (including phenoxy) is 1. The van der Waals surface area contributed by atoms with Gasteiger partial charge in [-0.1, -0.05) is 6.07 Å². The lowest BCUT2D eigenvalue weighted by Gasteiger charge is -2.25. The second kappa shape index (κ2) is 12.6. The highest BCUT2D eigenvalue weighted by Crippen LogP contribution is 2.32. The zero-order valence-electron chi connectivity index (χ0n) is 23.1. The summed E-state index contributed by atoms with van der Waals surface area (Å²) in [4.78, 5) is 28.5. The number of hydrogen-bond donors (Lipinski definition) is 2. The van der Waals surface area contributed by atoms with E-state index in [2.05, 4.69) is 21.1 Å². The van der Waals surface area contributed by atoms with E-state index >= 15 is 0 Å². The quantitative estimate of drug-likeness (QED) is 0.356. The van der Waals surface area contributed by atoms with Gasteiger partial charge in [0.15, 0.2) is 0 Å². The fourth-order valence-electron chi connectivity index (χ4n) is 4.76. The number of halogens is 1. The van der Waals surface area contributed by atoms with E-state index in [4.69, 9.17) is 15.6 Å². The molecule has 0 radical (unpaired) electrons. The summed E-state index contributed by atoms with van der Waals surface area (Å²) in [5, 5.41) is 22.3. The molecule has 5 rings (SSSR count). The molecule has 0 atom stereocenters. The van der Waals surface area contributed by atoms with Crippen molar-refractivity contribution in [2.45, 2.75) is 26.7 Å². The van der Waals surface area contributed by atoms with Crippen LogP contribution < -0.4 is 10.5 Å². The molecular formula is C30H31FN6O4. The van der Waals surface area contributed by atoms with Gasteiger partial charge in [0, 0.05) is 22.9 Å². The molecule has 212 valence electrons. The molecule has 0 spiro atoms. The third-order valence-corrected chi connectivity index (χ3v) is 7.02.